The fraction of sp³-hybridized carbons (Fsp3) is 0.500. The van der Waals surface area contributed by atoms with Crippen LogP contribution in [0.4, 0.5) is 0 Å². The van der Waals surface area contributed by atoms with Crippen LogP contribution < -0.4 is 0 Å². The number of hydrogen-bond donors (Lipinski definition) is 0. The summed E-state index contributed by atoms with van der Waals surface area (Å²) in [5.74, 6) is 1.97. The second-order valence-corrected chi connectivity index (χ2v) is 6.00. The molecular weight excluding hydrogens is 286 g/mol. The molecule has 0 aliphatic rings. The lowest BCUT2D eigenvalue weighted by atomic mass is 10.1. The summed E-state index contributed by atoms with van der Waals surface area (Å²) in [6.07, 6.45) is 0.823. The molecule has 2 aromatic rings. The molecule has 0 amide bonds. The van der Waals surface area contributed by atoms with Crippen LogP contribution in [0.1, 0.15) is 38.0 Å². The van der Waals surface area contributed by atoms with Gasteiger partial charge in [0.1, 0.15) is 0 Å². The third-order valence-corrected chi connectivity index (χ3v) is 3.63. The summed E-state index contributed by atoms with van der Waals surface area (Å²) in [6, 6.07) is 7.91. The Bertz CT molecular complexity index is 568. The van der Waals surface area contributed by atoms with Gasteiger partial charge in [0, 0.05) is 18.0 Å². The highest BCUT2D eigenvalue weighted by Gasteiger charge is 2.13. The van der Waals surface area contributed by atoms with E-state index in [2.05, 4.69) is 35.8 Å². The van der Waals surface area contributed by atoms with E-state index < -0.39 is 0 Å². The van der Waals surface area contributed by atoms with E-state index in [1.54, 1.807) is 0 Å². The van der Waals surface area contributed by atoms with Gasteiger partial charge < -0.3 is 4.52 Å². The molecule has 4 nitrogen and oxygen atoms in total. The van der Waals surface area contributed by atoms with Gasteiger partial charge in [0.25, 0.3) is 0 Å². The Hall–Kier alpha value is -1.39. The summed E-state index contributed by atoms with van der Waals surface area (Å²) >= 11 is 6.21. The molecule has 0 fully saturated rings. The number of benzene rings is 1. The second-order valence-electron chi connectivity index (χ2n) is 5.60. The number of halogens is 1. The highest BCUT2D eigenvalue weighted by molar-refractivity contribution is 6.31. The zero-order chi connectivity index (χ0) is 15.2. The van der Waals surface area contributed by atoms with Crippen molar-refractivity contribution in [1.82, 2.24) is 15.0 Å². The number of hydrogen-bond acceptors (Lipinski definition) is 4. The lowest BCUT2D eigenvalue weighted by molar-refractivity contribution is 0.258. The van der Waals surface area contributed by atoms with E-state index in [0.717, 1.165) is 35.9 Å². The fourth-order valence-electron chi connectivity index (χ4n) is 2.13. The first-order chi connectivity index (χ1) is 10.1. The summed E-state index contributed by atoms with van der Waals surface area (Å²) in [5.41, 5.74) is 1.12. The van der Waals surface area contributed by atoms with Gasteiger partial charge >= 0.3 is 0 Å². The van der Waals surface area contributed by atoms with E-state index in [1.165, 1.54) is 0 Å². The first-order valence-corrected chi connectivity index (χ1v) is 7.73. The van der Waals surface area contributed by atoms with Crippen molar-refractivity contribution in [3.05, 3.63) is 46.6 Å². The first kappa shape index (κ1) is 16.0. The molecule has 0 N–H and O–H groups in total. The number of aromatic nitrogens is 2. The second kappa shape index (κ2) is 7.57. The quantitative estimate of drug-likeness (QED) is 0.777. The molecule has 0 atom stereocenters. The SMILES string of the molecule is CCN(Cc1noc(CC(C)C)n1)Cc1ccccc1Cl. The van der Waals surface area contributed by atoms with Gasteiger partial charge in [-0.1, -0.05) is 55.7 Å². The Balaban J connectivity index is 1.99. The molecule has 0 radical (unpaired) electrons. The Morgan fingerprint density at radius 1 is 1.24 bits per heavy atom. The van der Waals surface area contributed by atoms with Gasteiger partial charge in [-0.2, -0.15) is 4.98 Å². The third-order valence-electron chi connectivity index (χ3n) is 3.26. The van der Waals surface area contributed by atoms with E-state index in [9.17, 15) is 0 Å². The van der Waals surface area contributed by atoms with Crippen LogP contribution >= 0.6 is 11.6 Å². The predicted molar refractivity (Wildman–Crippen MR) is 84.1 cm³/mol. The van der Waals surface area contributed by atoms with Gasteiger partial charge in [-0.3, -0.25) is 4.90 Å². The minimum Gasteiger partial charge on any atom is -0.339 e. The van der Waals surface area contributed by atoms with Gasteiger partial charge in [0.15, 0.2) is 5.82 Å². The zero-order valence-electron chi connectivity index (χ0n) is 12.8. The smallest absolute Gasteiger partial charge is 0.226 e. The lowest BCUT2D eigenvalue weighted by Crippen LogP contribution is -2.23. The van der Waals surface area contributed by atoms with Crippen molar-refractivity contribution < 1.29 is 4.52 Å². The maximum atomic E-state index is 6.21. The van der Waals surface area contributed by atoms with E-state index in [1.807, 2.05) is 24.3 Å². The highest BCUT2D eigenvalue weighted by Crippen LogP contribution is 2.18. The summed E-state index contributed by atoms with van der Waals surface area (Å²) in [5, 5.41) is 4.86. The third kappa shape index (κ3) is 4.83. The van der Waals surface area contributed by atoms with Gasteiger partial charge in [-0.25, -0.2) is 0 Å². The molecule has 0 unspecified atom stereocenters. The van der Waals surface area contributed by atoms with E-state index in [-0.39, 0.29) is 0 Å². The zero-order valence-corrected chi connectivity index (χ0v) is 13.6. The lowest BCUT2D eigenvalue weighted by Gasteiger charge is -2.19. The molecule has 114 valence electrons. The van der Waals surface area contributed by atoms with Crippen LogP contribution in [0.5, 0.6) is 0 Å². The number of nitrogens with zero attached hydrogens (tertiary/aromatic N) is 3. The van der Waals surface area contributed by atoms with Crippen LogP contribution in [0.15, 0.2) is 28.8 Å². The van der Waals surface area contributed by atoms with Crippen molar-refractivity contribution in [2.24, 2.45) is 5.92 Å². The fourth-order valence-corrected chi connectivity index (χ4v) is 2.33. The van der Waals surface area contributed by atoms with Gasteiger partial charge in [0.2, 0.25) is 5.89 Å². The molecule has 0 spiro atoms. The maximum absolute atomic E-state index is 6.21. The molecule has 0 saturated carbocycles. The summed E-state index contributed by atoms with van der Waals surface area (Å²) in [7, 11) is 0. The molecule has 1 aromatic heterocycles. The molecule has 0 aliphatic carbocycles. The Morgan fingerprint density at radius 2 is 2.00 bits per heavy atom. The van der Waals surface area contributed by atoms with Gasteiger partial charge in [0.05, 0.1) is 6.54 Å². The average Bonchev–Trinajstić information content (AvgIpc) is 2.86. The number of rotatable bonds is 7. The Morgan fingerprint density at radius 3 is 2.67 bits per heavy atom. The minimum absolute atomic E-state index is 0.517. The molecule has 0 saturated heterocycles. The molecule has 0 aliphatic heterocycles. The van der Waals surface area contributed by atoms with Crippen LogP contribution in [-0.2, 0) is 19.5 Å². The minimum atomic E-state index is 0.517. The molecule has 5 heteroatoms. The van der Waals surface area contributed by atoms with E-state index in [0.29, 0.717) is 18.4 Å². The van der Waals surface area contributed by atoms with Crippen LogP contribution in [0, 0.1) is 5.92 Å². The van der Waals surface area contributed by atoms with Crippen LogP contribution in [0.2, 0.25) is 5.02 Å². The monoisotopic (exact) mass is 307 g/mol. The van der Waals surface area contributed by atoms with Crippen LogP contribution in [-0.4, -0.2) is 21.6 Å². The standard InChI is InChI=1S/C16H22ClN3O/c1-4-20(10-13-7-5-6-8-14(13)17)11-15-18-16(21-19-15)9-12(2)3/h5-8,12H,4,9-11H2,1-3H3. The first-order valence-electron chi connectivity index (χ1n) is 7.35. The molecule has 21 heavy (non-hydrogen) atoms. The van der Waals surface area contributed by atoms with Crippen molar-refractivity contribution in [3.8, 4) is 0 Å². The van der Waals surface area contributed by atoms with Crippen molar-refractivity contribution in [2.75, 3.05) is 6.54 Å². The average molecular weight is 308 g/mol. The van der Waals surface area contributed by atoms with Crippen molar-refractivity contribution in [1.29, 1.82) is 0 Å². The van der Waals surface area contributed by atoms with Gasteiger partial charge in [-0.05, 0) is 24.1 Å². The Labute approximate surface area is 131 Å². The molecule has 0 bridgehead atoms. The summed E-state index contributed by atoms with van der Waals surface area (Å²) in [4.78, 5) is 6.69. The van der Waals surface area contributed by atoms with Crippen LogP contribution in [0.3, 0.4) is 0 Å². The van der Waals surface area contributed by atoms with Crippen molar-refractivity contribution >= 4 is 11.6 Å². The van der Waals surface area contributed by atoms with Crippen molar-refractivity contribution in [3.63, 3.8) is 0 Å². The van der Waals surface area contributed by atoms with Crippen LogP contribution in [0.25, 0.3) is 0 Å². The molecule has 1 aromatic carbocycles. The largest absolute Gasteiger partial charge is 0.339 e. The predicted octanol–water partition coefficient (Wildman–Crippen LogP) is 3.94. The van der Waals surface area contributed by atoms with E-state index in [4.69, 9.17) is 16.1 Å². The summed E-state index contributed by atoms with van der Waals surface area (Å²) < 4.78 is 5.28. The highest BCUT2D eigenvalue weighted by atomic mass is 35.5. The molecule has 1 heterocycles. The molecular formula is C16H22ClN3O. The van der Waals surface area contributed by atoms with Gasteiger partial charge in [-0.15, -0.1) is 0 Å². The maximum Gasteiger partial charge on any atom is 0.226 e. The topological polar surface area (TPSA) is 42.2 Å². The van der Waals surface area contributed by atoms with E-state index >= 15 is 0 Å². The van der Waals surface area contributed by atoms with Crippen molar-refractivity contribution in [2.45, 2.75) is 40.3 Å². The summed E-state index contributed by atoms with van der Waals surface area (Å²) in [6.45, 7) is 8.75. The molecule has 2 rings (SSSR count). The normalized spacial score (nSPS) is 11.5. The Kier molecular flexibility index (Phi) is 5.76.